The highest BCUT2D eigenvalue weighted by Crippen LogP contribution is 2.34. The lowest BCUT2D eigenvalue weighted by Gasteiger charge is -1.97. The fourth-order valence-corrected chi connectivity index (χ4v) is 3.95. The van der Waals surface area contributed by atoms with E-state index in [0.717, 1.165) is 75.3 Å². The van der Waals surface area contributed by atoms with Crippen molar-refractivity contribution >= 4 is 51.1 Å². The molecule has 29 heavy (non-hydrogen) atoms. The maximum Gasteiger partial charge on any atom is 0.344 e. The summed E-state index contributed by atoms with van der Waals surface area (Å²) in [4.78, 5) is 11.4. The fourth-order valence-electron chi connectivity index (χ4n) is 3.55. The highest BCUT2D eigenvalue weighted by atomic mass is 32.2. The Kier molecular flexibility index (Phi) is 5.72. The number of carbonyl (C=O) groups is 1. The molecular weight excluding hydrogens is 398 g/mol. The van der Waals surface area contributed by atoms with Gasteiger partial charge in [0.2, 0.25) is 5.58 Å². The molecule has 4 rings (SSSR count). The van der Waals surface area contributed by atoms with Crippen molar-refractivity contribution in [2.75, 3.05) is 0 Å². The van der Waals surface area contributed by atoms with E-state index in [1.54, 1.807) is 6.07 Å². The zero-order chi connectivity index (χ0) is 20.4. The normalized spacial score (nSPS) is 11.8. The highest BCUT2D eigenvalue weighted by molar-refractivity contribution is 7.94. The van der Waals surface area contributed by atoms with Crippen LogP contribution in [0.1, 0.15) is 31.6 Å². The van der Waals surface area contributed by atoms with Crippen molar-refractivity contribution in [3.8, 4) is 0 Å². The van der Waals surface area contributed by atoms with Gasteiger partial charge in [0.1, 0.15) is 11.2 Å². The first-order valence-corrected chi connectivity index (χ1v) is 9.97. The van der Waals surface area contributed by atoms with E-state index in [4.69, 9.17) is 19.2 Å². The number of oxazole rings is 1. The summed E-state index contributed by atoms with van der Waals surface area (Å²) in [6, 6.07) is 9.46. The molecule has 0 aliphatic carbocycles. The number of carboxylic acids is 1. The summed E-state index contributed by atoms with van der Waals surface area (Å²) in [7, 11) is 0. The van der Waals surface area contributed by atoms with Crippen molar-refractivity contribution in [2.45, 2.75) is 44.0 Å². The Hall–Kier alpha value is -2.59. The Labute approximate surface area is 169 Å². The molecule has 2 aromatic carbocycles. The van der Waals surface area contributed by atoms with Crippen LogP contribution >= 0.6 is 12.0 Å². The number of nitrogens with zero attached hydrogens (tertiary/aromatic N) is 1. The third kappa shape index (κ3) is 4.08. The lowest BCUT2D eigenvalue weighted by molar-refractivity contribution is -0.683. The molecule has 9 heteroatoms. The van der Waals surface area contributed by atoms with Crippen LogP contribution in [0.3, 0.4) is 0 Å². The van der Waals surface area contributed by atoms with Crippen LogP contribution < -0.4 is 4.57 Å². The topological polar surface area (TPSA) is 106 Å². The zero-order valence-electron chi connectivity index (χ0n) is 15.7. The smallest absolute Gasteiger partial charge is 0.344 e. The molecule has 0 radical (unpaired) electrons. The van der Waals surface area contributed by atoms with Gasteiger partial charge in [0.15, 0.2) is 6.54 Å². The summed E-state index contributed by atoms with van der Waals surface area (Å²) < 4.78 is 18.6. The molecule has 2 N–H and O–H groups in total. The summed E-state index contributed by atoms with van der Waals surface area (Å²) in [6.07, 6.45) is 2.59. The predicted octanol–water partition coefficient (Wildman–Crippen LogP) is 5.00. The second-order valence-corrected chi connectivity index (χ2v) is 7.55. The quantitative estimate of drug-likeness (QED) is 0.129. The van der Waals surface area contributed by atoms with Crippen molar-refractivity contribution in [1.29, 1.82) is 0 Å². The second-order valence-electron chi connectivity index (χ2n) is 6.78. The number of hydrogen-bond donors (Lipinski definition) is 2. The average Bonchev–Trinajstić information content (AvgIpc) is 3.20. The summed E-state index contributed by atoms with van der Waals surface area (Å²) in [5.74, 6) is 0.0341. The Balaban J connectivity index is 1.65. The van der Waals surface area contributed by atoms with Crippen molar-refractivity contribution in [3.05, 3.63) is 36.2 Å². The maximum atomic E-state index is 10.6. The van der Waals surface area contributed by atoms with Crippen LogP contribution in [-0.4, -0.2) is 16.3 Å². The Bertz CT molecular complexity index is 1180. The van der Waals surface area contributed by atoms with E-state index in [9.17, 15) is 4.79 Å². The van der Waals surface area contributed by atoms with Gasteiger partial charge in [0.05, 0.1) is 25.0 Å². The number of hydrogen-bond acceptors (Lipinski definition) is 7. The van der Waals surface area contributed by atoms with Gasteiger partial charge in [0, 0.05) is 28.5 Å². The molecule has 0 atom stereocenters. The summed E-state index contributed by atoms with van der Waals surface area (Å²) in [5, 5.41) is 22.6. The molecule has 0 unspecified atom stereocenters. The molecule has 8 nitrogen and oxygen atoms in total. The molecule has 0 bridgehead atoms. The summed E-state index contributed by atoms with van der Waals surface area (Å²) >= 11 is 0.894. The average molecular weight is 418 g/mol. The van der Waals surface area contributed by atoms with Crippen LogP contribution in [0.4, 0.5) is 0 Å². The first kappa shape index (κ1) is 19.7. The van der Waals surface area contributed by atoms with E-state index in [0.29, 0.717) is 6.42 Å². The lowest BCUT2D eigenvalue weighted by Crippen LogP contribution is -2.35. The fraction of sp³-hybridized carbons (Fsp3) is 0.300. The van der Waals surface area contributed by atoms with Gasteiger partial charge in [-0.25, -0.2) is 5.26 Å². The number of furan rings is 1. The molecule has 0 saturated heterocycles. The minimum absolute atomic E-state index is 0.200. The van der Waals surface area contributed by atoms with Gasteiger partial charge >= 0.3 is 11.9 Å². The van der Waals surface area contributed by atoms with Crippen molar-refractivity contribution in [1.82, 2.24) is 0 Å². The standard InChI is InChI=1S/C20H19NO7S/c1-12-21(8-4-2-3-5-20(22)23)16-11-18-15(10-19(16)25-12)14-9-13(29-28-27-24)6-7-17(14)26-18/h6-7,9-11H,2-5,8H2,1H3,(H-,22,23,24)/p+1. The van der Waals surface area contributed by atoms with Gasteiger partial charge in [0.25, 0.3) is 5.52 Å². The van der Waals surface area contributed by atoms with E-state index in [1.807, 2.05) is 31.2 Å². The molecule has 152 valence electrons. The van der Waals surface area contributed by atoms with Gasteiger partial charge in [-0.2, -0.15) is 4.57 Å². The van der Waals surface area contributed by atoms with Gasteiger partial charge in [-0.15, -0.1) is 4.33 Å². The second kappa shape index (κ2) is 8.42. The number of aromatic nitrogens is 1. The van der Waals surface area contributed by atoms with Crippen molar-refractivity contribution < 1.29 is 37.9 Å². The third-order valence-electron chi connectivity index (χ3n) is 4.88. The first-order chi connectivity index (χ1) is 14.1. The van der Waals surface area contributed by atoms with Crippen molar-refractivity contribution in [3.63, 3.8) is 0 Å². The van der Waals surface area contributed by atoms with E-state index in [-0.39, 0.29) is 6.42 Å². The molecule has 0 amide bonds. The highest BCUT2D eigenvalue weighted by Gasteiger charge is 2.21. The number of benzene rings is 2. The largest absolute Gasteiger partial charge is 0.481 e. The van der Waals surface area contributed by atoms with Crippen LogP contribution in [-0.2, 0) is 20.7 Å². The van der Waals surface area contributed by atoms with Gasteiger partial charge < -0.3 is 13.9 Å². The predicted molar refractivity (Wildman–Crippen MR) is 105 cm³/mol. The van der Waals surface area contributed by atoms with Crippen molar-refractivity contribution in [2.24, 2.45) is 0 Å². The minimum atomic E-state index is -0.758. The number of aryl methyl sites for hydroxylation is 2. The van der Waals surface area contributed by atoms with E-state index in [2.05, 4.69) is 13.9 Å². The molecule has 2 aromatic heterocycles. The van der Waals surface area contributed by atoms with E-state index >= 15 is 0 Å². The molecule has 2 heterocycles. The molecule has 0 aliphatic heterocycles. The summed E-state index contributed by atoms with van der Waals surface area (Å²) in [5.41, 5.74) is 3.18. The summed E-state index contributed by atoms with van der Waals surface area (Å²) in [6.45, 7) is 2.67. The van der Waals surface area contributed by atoms with Crippen LogP contribution in [0.25, 0.3) is 33.0 Å². The third-order valence-corrected chi connectivity index (χ3v) is 5.46. The zero-order valence-corrected chi connectivity index (χ0v) is 16.5. The van der Waals surface area contributed by atoms with E-state index < -0.39 is 5.97 Å². The Morgan fingerprint density at radius 2 is 1.90 bits per heavy atom. The van der Waals surface area contributed by atoms with Gasteiger partial charge in [-0.1, -0.05) is 5.04 Å². The molecule has 0 saturated carbocycles. The van der Waals surface area contributed by atoms with Gasteiger partial charge in [-0.3, -0.25) is 4.79 Å². The Morgan fingerprint density at radius 1 is 1.07 bits per heavy atom. The first-order valence-electron chi connectivity index (χ1n) is 9.22. The van der Waals surface area contributed by atoms with E-state index in [1.165, 1.54) is 0 Å². The Morgan fingerprint density at radius 3 is 2.69 bits per heavy atom. The number of unbranched alkanes of at least 4 members (excludes halogenated alkanes) is 2. The SMILES string of the molecule is Cc1oc2cc3c(cc2[n+]1CCCCCC(=O)O)oc1ccc(SOOO)cc13. The van der Waals surface area contributed by atoms with Gasteiger partial charge in [-0.05, 0) is 37.1 Å². The minimum Gasteiger partial charge on any atom is -0.481 e. The number of aliphatic carboxylic acids is 1. The lowest BCUT2D eigenvalue weighted by atomic mass is 10.1. The molecule has 0 aliphatic rings. The van der Waals surface area contributed by atoms with Crippen LogP contribution in [0.15, 0.2) is 44.1 Å². The van der Waals surface area contributed by atoms with Crippen LogP contribution in [0, 0.1) is 6.92 Å². The molecule has 0 spiro atoms. The number of carboxylic acid groups (broad SMARTS) is 1. The van der Waals surface area contributed by atoms with Crippen LogP contribution in [0.2, 0.25) is 0 Å². The molecular formula is C20H20NO7S+. The monoisotopic (exact) mass is 418 g/mol. The molecule has 0 fully saturated rings. The van der Waals surface area contributed by atoms with Crippen LogP contribution in [0.5, 0.6) is 0 Å². The number of rotatable bonds is 9. The molecule has 4 aromatic rings. The maximum absolute atomic E-state index is 10.6. The number of fused-ring (bicyclic) bond motifs is 4.